The number of rotatable bonds is 4. The van der Waals surface area contributed by atoms with Crippen molar-refractivity contribution < 1.29 is 33.0 Å². The summed E-state index contributed by atoms with van der Waals surface area (Å²) < 4.78 is 34.1. The van der Waals surface area contributed by atoms with Crippen molar-refractivity contribution in [3.8, 4) is 0 Å². The Kier molecular flexibility index (Phi) is 4.28. The van der Waals surface area contributed by atoms with Crippen LogP contribution in [0.15, 0.2) is 0 Å². The van der Waals surface area contributed by atoms with E-state index in [0.29, 0.717) is 33.1 Å². The normalized spacial score (nSPS) is 35.2. The van der Waals surface area contributed by atoms with Crippen LogP contribution in [-0.2, 0) is 19.1 Å². The zero-order valence-corrected chi connectivity index (χ0v) is 14.3. The number of imide groups is 1. The van der Waals surface area contributed by atoms with Gasteiger partial charge in [0.25, 0.3) is 11.8 Å². The third-order valence-electron chi connectivity index (χ3n) is 5.38. The van der Waals surface area contributed by atoms with Gasteiger partial charge < -0.3 is 9.84 Å². The van der Waals surface area contributed by atoms with Crippen molar-refractivity contribution in [2.24, 2.45) is 0 Å². The second kappa shape index (κ2) is 5.47. The third kappa shape index (κ3) is 2.42. The highest BCUT2D eigenvalue weighted by Gasteiger charge is 2.71. The Morgan fingerprint density at radius 2 is 1.62 bits per heavy atom. The van der Waals surface area contributed by atoms with E-state index in [0.717, 1.165) is 19.8 Å². The van der Waals surface area contributed by atoms with E-state index in [-0.39, 0.29) is 4.90 Å². The van der Waals surface area contributed by atoms with Gasteiger partial charge >= 0.3 is 5.97 Å². The van der Waals surface area contributed by atoms with Crippen molar-refractivity contribution in [2.45, 2.75) is 82.5 Å². The zero-order chi connectivity index (χ0) is 18.6. The predicted octanol–water partition coefficient (Wildman–Crippen LogP) is 1.79. The summed E-state index contributed by atoms with van der Waals surface area (Å²) >= 11 is 0. The van der Waals surface area contributed by atoms with Gasteiger partial charge in [0, 0.05) is 0 Å². The summed E-state index contributed by atoms with van der Waals surface area (Å²) in [6, 6.07) is 0. The molecule has 1 aliphatic carbocycles. The standard InChI is InChI=1S/C16H23F2NO5/c1-5-16(8-6-7-9-16)24-12(22)15(4,23)19-10(20)13(2,17)14(3,18)11(19)21/h23H,5-9H2,1-4H3. The van der Waals surface area contributed by atoms with Crippen LogP contribution in [0, 0.1) is 0 Å². The van der Waals surface area contributed by atoms with Crippen LogP contribution in [0.3, 0.4) is 0 Å². The fourth-order valence-corrected chi connectivity index (χ4v) is 3.24. The first kappa shape index (κ1) is 18.8. The summed E-state index contributed by atoms with van der Waals surface area (Å²) in [6.45, 7) is 3.87. The van der Waals surface area contributed by atoms with Gasteiger partial charge in [-0.25, -0.2) is 18.5 Å². The van der Waals surface area contributed by atoms with Crippen molar-refractivity contribution in [3.05, 3.63) is 0 Å². The first-order valence-corrected chi connectivity index (χ1v) is 8.06. The van der Waals surface area contributed by atoms with E-state index >= 15 is 0 Å². The van der Waals surface area contributed by atoms with E-state index in [9.17, 15) is 28.3 Å². The van der Waals surface area contributed by atoms with Gasteiger partial charge in [0.05, 0.1) is 0 Å². The summed E-state index contributed by atoms with van der Waals surface area (Å²) in [5.41, 5.74) is -9.92. The van der Waals surface area contributed by atoms with E-state index in [1.807, 2.05) is 6.92 Å². The number of carbonyl (C=O) groups excluding carboxylic acids is 3. The van der Waals surface area contributed by atoms with E-state index < -0.39 is 40.4 Å². The molecule has 24 heavy (non-hydrogen) atoms. The lowest BCUT2D eigenvalue weighted by atomic mass is 9.92. The number of halogens is 2. The SMILES string of the molecule is CCC1(OC(=O)C(C)(O)N2C(=O)C(C)(F)C(C)(F)C2=O)CCCC1. The third-order valence-corrected chi connectivity index (χ3v) is 5.38. The number of likely N-dealkylation sites (tertiary alicyclic amines) is 1. The molecular formula is C16H23F2NO5. The number of nitrogens with zero attached hydrogens (tertiary/aromatic N) is 1. The molecule has 0 bridgehead atoms. The lowest BCUT2D eigenvalue weighted by Crippen LogP contribution is -2.58. The largest absolute Gasteiger partial charge is 0.456 e. The number of alkyl halides is 2. The summed E-state index contributed by atoms with van der Waals surface area (Å²) in [5, 5.41) is 10.4. The van der Waals surface area contributed by atoms with E-state index in [4.69, 9.17) is 4.74 Å². The highest BCUT2D eigenvalue weighted by atomic mass is 19.2. The summed E-state index contributed by atoms with van der Waals surface area (Å²) in [4.78, 5) is 36.6. The van der Waals surface area contributed by atoms with Crippen molar-refractivity contribution >= 4 is 17.8 Å². The van der Waals surface area contributed by atoms with Gasteiger partial charge in [-0.05, 0) is 52.9 Å². The van der Waals surface area contributed by atoms with Crippen molar-refractivity contribution in [1.82, 2.24) is 4.90 Å². The minimum atomic E-state index is -3.18. The molecule has 3 atom stereocenters. The lowest BCUT2D eigenvalue weighted by Gasteiger charge is -2.35. The highest BCUT2D eigenvalue weighted by molar-refractivity contribution is 6.15. The molecule has 1 saturated heterocycles. The van der Waals surface area contributed by atoms with Gasteiger partial charge in [-0.3, -0.25) is 9.59 Å². The van der Waals surface area contributed by atoms with E-state index in [1.165, 1.54) is 0 Å². The molecular weight excluding hydrogens is 324 g/mol. The number of esters is 1. The number of hydrogen-bond acceptors (Lipinski definition) is 5. The maximum absolute atomic E-state index is 14.4. The van der Waals surface area contributed by atoms with E-state index in [1.54, 1.807) is 0 Å². The Balaban J connectivity index is 2.31. The van der Waals surface area contributed by atoms with Crippen LogP contribution in [0.4, 0.5) is 8.78 Å². The Morgan fingerprint density at radius 1 is 1.21 bits per heavy atom. The summed E-state index contributed by atoms with van der Waals surface area (Å²) in [6.07, 6.45) is 3.37. The van der Waals surface area contributed by atoms with Gasteiger partial charge in [-0.1, -0.05) is 6.92 Å². The van der Waals surface area contributed by atoms with Crippen LogP contribution in [-0.4, -0.2) is 50.5 Å². The van der Waals surface area contributed by atoms with Crippen molar-refractivity contribution in [1.29, 1.82) is 0 Å². The Morgan fingerprint density at radius 3 is 2.00 bits per heavy atom. The fourth-order valence-electron chi connectivity index (χ4n) is 3.24. The van der Waals surface area contributed by atoms with Gasteiger partial charge in [0.1, 0.15) is 5.60 Å². The second-order valence-corrected chi connectivity index (χ2v) is 7.11. The summed E-state index contributed by atoms with van der Waals surface area (Å²) in [5.74, 6) is -4.46. The van der Waals surface area contributed by atoms with Gasteiger partial charge in [0.15, 0.2) is 0 Å². The molecule has 6 nitrogen and oxygen atoms in total. The van der Waals surface area contributed by atoms with Crippen LogP contribution in [0.5, 0.6) is 0 Å². The number of carbonyl (C=O) groups is 3. The molecule has 2 rings (SSSR count). The topological polar surface area (TPSA) is 83.9 Å². The van der Waals surface area contributed by atoms with Crippen LogP contribution in [0.25, 0.3) is 0 Å². The molecule has 0 aromatic carbocycles. The monoisotopic (exact) mass is 347 g/mol. The molecule has 0 aromatic rings. The fraction of sp³-hybridized carbons (Fsp3) is 0.812. The Labute approximate surface area is 139 Å². The quantitative estimate of drug-likeness (QED) is 0.619. The molecule has 8 heteroatoms. The van der Waals surface area contributed by atoms with Crippen molar-refractivity contribution in [3.63, 3.8) is 0 Å². The molecule has 136 valence electrons. The molecule has 0 spiro atoms. The van der Waals surface area contributed by atoms with Crippen LogP contribution >= 0.6 is 0 Å². The predicted molar refractivity (Wildman–Crippen MR) is 79.1 cm³/mol. The minimum absolute atomic E-state index is 0.0619. The van der Waals surface area contributed by atoms with Crippen LogP contribution < -0.4 is 0 Å². The van der Waals surface area contributed by atoms with Crippen LogP contribution in [0.1, 0.15) is 59.8 Å². The number of amides is 2. The van der Waals surface area contributed by atoms with Gasteiger partial charge in [-0.2, -0.15) is 0 Å². The number of aliphatic hydroxyl groups is 1. The van der Waals surface area contributed by atoms with E-state index in [2.05, 4.69) is 0 Å². The molecule has 1 saturated carbocycles. The van der Waals surface area contributed by atoms with Gasteiger partial charge in [-0.15, -0.1) is 0 Å². The molecule has 1 N–H and O–H groups in total. The first-order valence-electron chi connectivity index (χ1n) is 8.06. The molecule has 1 aliphatic heterocycles. The smallest absolute Gasteiger partial charge is 0.360 e. The van der Waals surface area contributed by atoms with Gasteiger partial charge in [0.2, 0.25) is 17.1 Å². The molecule has 2 fully saturated rings. The van der Waals surface area contributed by atoms with Crippen LogP contribution in [0.2, 0.25) is 0 Å². The second-order valence-electron chi connectivity index (χ2n) is 7.11. The maximum atomic E-state index is 14.4. The Bertz CT molecular complexity index is 553. The molecule has 0 radical (unpaired) electrons. The average molecular weight is 347 g/mol. The molecule has 2 aliphatic rings. The molecule has 1 heterocycles. The number of hydrogen-bond donors (Lipinski definition) is 1. The molecule has 2 amide bonds. The average Bonchev–Trinajstić information content (AvgIpc) is 2.99. The first-order chi connectivity index (χ1) is 10.8. The zero-order valence-electron chi connectivity index (χ0n) is 14.3. The Hall–Kier alpha value is -1.57. The summed E-state index contributed by atoms with van der Waals surface area (Å²) in [7, 11) is 0. The lowest BCUT2D eigenvalue weighted by molar-refractivity contribution is -0.203. The number of ether oxygens (including phenoxy) is 1. The molecule has 3 unspecified atom stereocenters. The van der Waals surface area contributed by atoms with Crippen molar-refractivity contribution in [2.75, 3.05) is 0 Å². The minimum Gasteiger partial charge on any atom is -0.456 e. The molecule has 0 aromatic heterocycles. The highest BCUT2D eigenvalue weighted by Crippen LogP contribution is 2.44. The maximum Gasteiger partial charge on any atom is 0.360 e.